The number of nitrogens with zero attached hydrogens (tertiary/aromatic N) is 5. The summed E-state index contributed by atoms with van der Waals surface area (Å²) in [6.45, 7) is 3.20. The second kappa shape index (κ2) is 11.1. The molecule has 3 aromatic rings. The van der Waals surface area contributed by atoms with Crippen molar-refractivity contribution in [2.45, 2.75) is 31.6 Å². The fourth-order valence-electron chi connectivity index (χ4n) is 5.25. The van der Waals surface area contributed by atoms with Gasteiger partial charge >= 0.3 is 12.1 Å². The zero-order chi connectivity index (χ0) is 29.5. The van der Waals surface area contributed by atoms with Crippen LogP contribution in [0.3, 0.4) is 0 Å². The molecule has 2 aliphatic heterocycles. The molecule has 0 bridgehead atoms. The van der Waals surface area contributed by atoms with Crippen LogP contribution in [-0.2, 0) is 11.0 Å². The van der Waals surface area contributed by atoms with Crippen molar-refractivity contribution in [1.82, 2.24) is 9.88 Å². The summed E-state index contributed by atoms with van der Waals surface area (Å²) in [6, 6.07) is 5.51. The Kier molecular flexibility index (Phi) is 7.68. The van der Waals surface area contributed by atoms with Gasteiger partial charge in [-0.3, -0.25) is 4.79 Å². The molecule has 0 saturated carbocycles. The summed E-state index contributed by atoms with van der Waals surface area (Å²) in [5, 5.41) is 10.7. The first-order valence-corrected chi connectivity index (χ1v) is 13.5. The number of thiophene rings is 1. The van der Waals surface area contributed by atoms with Crippen LogP contribution in [0.5, 0.6) is 11.6 Å². The van der Waals surface area contributed by atoms with E-state index in [0.717, 1.165) is 29.2 Å². The number of aliphatic imine (C=N–C) groups is 1. The molecule has 0 amide bonds. The minimum absolute atomic E-state index is 0.00704. The molecular weight excluding hydrogens is 566 g/mol. The lowest BCUT2D eigenvalue weighted by molar-refractivity contribution is -0.138. The number of ether oxygens (including phenoxy) is 2. The number of anilines is 2. The second-order valence-electron chi connectivity index (χ2n) is 9.64. The SMILES string of the molecule is COc1cc(N2CCN(C3=Nc4c(csc4F)C(CC(=O)O)N3c3cc(C(F)(F)F)ccc3OC)CC2C)ccn1. The zero-order valence-corrected chi connectivity index (χ0v) is 23.2. The van der Waals surface area contributed by atoms with E-state index in [9.17, 15) is 27.5 Å². The normalized spacial score (nSPS) is 19.1. The highest BCUT2D eigenvalue weighted by atomic mass is 32.1. The summed E-state index contributed by atoms with van der Waals surface area (Å²) in [7, 11) is 2.84. The molecule has 0 spiro atoms. The van der Waals surface area contributed by atoms with Crippen LogP contribution in [0.2, 0.25) is 0 Å². The van der Waals surface area contributed by atoms with Crippen molar-refractivity contribution >= 4 is 40.3 Å². The number of carbonyl (C=O) groups is 1. The number of hydrogen-bond acceptors (Lipinski definition) is 9. The van der Waals surface area contributed by atoms with Gasteiger partial charge in [0, 0.05) is 54.6 Å². The van der Waals surface area contributed by atoms with E-state index in [1.54, 1.807) is 12.3 Å². The zero-order valence-electron chi connectivity index (χ0n) is 22.4. The van der Waals surface area contributed by atoms with Gasteiger partial charge in [-0.1, -0.05) is 0 Å². The Morgan fingerprint density at radius 2 is 1.95 bits per heavy atom. The predicted octanol–water partition coefficient (Wildman–Crippen LogP) is 5.55. The largest absolute Gasteiger partial charge is 0.495 e. The van der Waals surface area contributed by atoms with E-state index in [2.05, 4.69) is 14.9 Å². The van der Waals surface area contributed by atoms with Crippen molar-refractivity contribution in [3.8, 4) is 11.6 Å². The van der Waals surface area contributed by atoms with Crippen molar-refractivity contribution in [3.05, 3.63) is 58.2 Å². The molecule has 0 aliphatic carbocycles. The molecule has 4 heterocycles. The molecule has 1 N–H and O–H groups in total. The van der Waals surface area contributed by atoms with Crippen LogP contribution < -0.4 is 19.3 Å². The Morgan fingerprint density at radius 1 is 1.17 bits per heavy atom. The molecule has 5 rings (SSSR count). The predicted molar refractivity (Wildman–Crippen MR) is 146 cm³/mol. The number of fused-ring (bicyclic) bond motifs is 1. The average molecular weight is 594 g/mol. The Labute approximate surface area is 237 Å². The molecule has 1 fully saturated rings. The van der Waals surface area contributed by atoms with Crippen molar-refractivity contribution < 1.29 is 36.9 Å². The van der Waals surface area contributed by atoms with E-state index in [1.165, 1.54) is 30.6 Å². The first kappa shape index (κ1) is 28.5. The van der Waals surface area contributed by atoms with Crippen molar-refractivity contribution in [1.29, 1.82) is 0 Å². The lowest BCUT2D eigenvalue weighted by atomic mass is 10.00. The molecule has 218 valence electrons. The number of benzene rings is 1. The Hall–Kier alpha value is -4.07. The van der Waals surface area contributed by atoms with Crippen LogP contribution in [0.1, 0.15) is 30.5 Å². The van der Waals surface area contributed by atoms with E-state index in [4.69, 9.17) is 9.47 Å². The molecule has 0 radical (unpaired) electrons. The molecule has 2 aromatic heterocycles. The maximum Gasteiger partial charge on any atom is 0.416 e. The van der Waals surface area contributed by atoms with Crippen LogP contribution in [0, 0.1) is 5.13 Å². The van der Waals surface area contributed by atoms with E-state index >= 15 is 0 Å². The van der Waals surface area contributed by atoms with Gasteiger partial charge in [-0.05, 0) is 31.2 Å². The monoisotopic (exact) mass is 593 g/mol. The van der Waals surface area contributed by atoms with Gasteiger partial charge in [0.25, 0.3) is 0 Å². The summed E-state index contributed by atoms with van der Waals surface area (Å²) in [5.41, 5.74) is 0.203. The van der Waals surface area contributed by atoms with Gasteiger partial charge in [0.15, 0.2) is 0 Å². The van der Waals surface area contributed by atoms with Crippen LogP contribution in [0.4, 0.5) is 34.6 Å². The van der Waals surface area contributed by atoms with Crippen LogP contribution in [0.15, 0.2) is 46.9 Å². The van der Waals surface area contributed by atoms with E-state index in [-0.39, 0.29) is 34.7 Å². The van der Waals surface area contributed by atoms with Crippen molar-refractivity contribution in [2.75, 3.05) is 43.7 Å². The number of methoxy groups -OCH3 is 2. The number of piperazine rings is 1. The fourth-order valence-corrected chi connectivity index (χ4v) is 6.02. The van der Waals surface area contributed by atoms with Gasteiger partial charge in [0.2, 0.25) is 17.0 Å². The molecule has 1 saturated heterocycles. The number of rotatable bonds is 6. The summed E-state index contributed by atoms with van der Waals surface area (Å²) in [5.74, 6) is -0.503. The minimum Gasteiger partial charge on any atom is -0.495 e. The van der Waals surface area contributed by atoms with Crippen LogP contribution in [-0.4, -0.2) is 66.8 Å². The van der Waals surface area contributed by atoms with E-state index in [0.29, 0.717) is 25.5 Å². The molecule has 2 atom stereocenters. The second-order valence-corrected chi connectivity index (χ2v) is 10.5. The van der Waals surface area contributed by atoms with Gasteiger partial charge in [-0.15, -0.1) is 11.3 Å². The maximum absolute atomic E-state index is 14.9. The Morgan fingerprint density at radius 3 is 2.61 bits per heavy atom. The van der Waals surface area contributed by atoms with Gasteiger partial charge in [0.1, 0.15) is 11.4 Å². The van der Waals surface area contributed by atoms with Crippen molar-refractivity contribution in [2.24, 2.45) is 4.99 Å². The van der Waals surface area contributed by atoms with Crippen LogP contribution in [0.25, 0.3) is 0 Å². The van der Waals surface area contributed by atoms with Gasteiger partial charge in [-0.2, -0.15) is 17.6 Å². The summed E-state index contributed by atoms with van der Waals surface area (Å²) in [6.07, 6.45) is -3.53. The smallest absolute Gasteiger partial charge is 0.416 e. The lowest BCUT2D eigenvalue weighted by Crippen LogP contribution is -2.58. The number of alkyl halides is 3. The molecule has 9 nitrogen and oxygen atoms in total. The van der Waals surface area contributed by atoms with Gasteiger partial charge < -0.3 is 29.3 Å². The minimum atomic E-state index is -4.66. The van der Waals surface area contributed by atoms with Gasteiger partial charge in [-0.25, -0.2) is 9.98 Å². The number of hydrogen-bond donors (Lipinski definition) is 1. The number of guanidine groups is 1. The highest BCUT2D eigenvalue weighted by Gasteiger charge is 2.41. The van der Waals surface area contributed by atoms with Crippen LogP contribution >= 0.6 is 11.3 Å². The Balaban J connectivity index is 1.60. The quantitative estimate of drug-likeness (QED) is 0.372. The molecule has 41 heavy (non-hydrogen) atoms. The third kappa shape index (κ3) is 5.47. The molecule has 2 aliphatic rings. The third-order valence-corrected chi connectivity index (χ3v) is 7.92. The molecule has 2 unspecified atom stereocenters. The first-order chi connectivity index (χ1) is 19.5. The standard InChI is InChI=1S/C27H27F4N5O4S/c1-15-13-34(8-9-35(15)17-6-7-32-22(11-17)40-3)26-33-24-18(14-41-25(24)28)19(12-23(37)38)36(26)20-10-16(27(29,30)31)4-5-21(20)39-2/h4-7,10-11,14-15,19H,8-9,12-13H2,1-3H3,(H,37,38). The summed E-state index contributed by atoms with van der Waals surface area (Å²) in [4.78, 5) is 26.2. The fraction of sp³-hybridized carbons (Fsp3) is 0.370. The highest BCUT2D eigenvalue weighted by Crippen LogP contribution is 2.47. The number of carboxylic acids is 1. The number of halogens is 4. The number of pyridine rings is 1. The average Bonchev–Trinajstić information content (AvgIpc) is 3.32. The Bertz CT molecular complexity index is 1480. The number of aliphatic carboxylic acids is 1. The number of carboxylic acid groups (broad SMARTS) is 1. The summed E-state index contributed by atoms with van der Waals surface area (Å²) < 4.78 is 67.1. The first-order valence-electron chi connectivity index (χ1n) is 12.6. The third-order valence-electron chi connectivity index (χ3n) is 7.15. The summed E-state index contributed by atoms with van der Waals surface area (Å²) >= 11 is 0.767. The molecule has 14 heteroatoms. The maximum atomic E-state index is 14.9. The van der Waals surface area contributed by atoms with E-state index in [1.807, 2.05) is 17.9 Å². The van der Waals surface area contributed by atoms with E-state index < -0.39 is 35.3 Å². The topological polar surface area (TPSA) is 90.7 Å². The highest BCUT2D eigenvalue weighted by molar-refractivity contribution is 7.08. The molecular formula is C27H27F4N5O4S. The molecule has 1 aromatic carbocycles. The lowest BCUT2D eigenvalue weighted by Gasteiger charge is -2.47. The van der Waals surface area contributed by atoms with Gasteiger partial charge in [0.05, 0.1) is 37.9 Å². The number of aromatic nitrogens is 1. The van der Waals surface area contributed by atoms with Crippen molar-refractivity contribution in [3.63, 3.8) is 0 Å².